The van der Waals surface area contributed by atoms with E-state index in [-0.39, 0.29) is 0 Å². The predicted octanol–water partition coefficient (Wildman–Crippen LogP) is 0.933. The van der Waals surface area contributed by atoms with Gasteiger partial charge in [0.1, 0.15) is 0 Å². The summed E-state index contributed by atoms with van der Waals surface area (Å²) >= 11 is 0. The SMILES string of the molecule is Cc1cc(CN2CCC(CO)CC2)n(C)n1. The van der Waals surface area contributed by atoms with Crippen LogP contribution in [-0.4, -0.2) is 39.5 Å². The largest absolute Gasteiger partial charge is 0.396 e. The minimum Gasteiger partial charge on any atom is -0.396 e. The summed E-state index contributed by atoms with van der Waals surface area (Å²) in [6, 6.07) is 2.15. The van der Waals surface area contributed by atoms with Crippen LogP contribution in [0.4, 0.5) is 0 Å². The Morgan fingerprint density at radius 3 is 2.62 bits per heavy atom. The highest BCUT2D eigenvalue weighted by molar-refractivity contribution is 5.08. The second-order valence-electron chi connectivity index (χ2n) is 4.80. The average molecular weight is 223 g/mol. The Morgan fingerprint density at radius 2 is 2.12 bits per heavy atom. The van der Waals surface area contributed by atoms with Gasteiger partial charge in [0.2, 0.25) is 0 Å². The van der Waals surface area contributed by atoms with Crippen molar-refractivity contribution in [2.45, 2.75) is 26.3 Å². The normalized spacial score (nSPS) is 19.2. The maximum Gasteiger partial charge on any atom is 0.0597 e. The number of aromatic nitrogens is 2. The first-order valence-corrected chi connectivity index (χ1v) is 6.01. The van der Waals surface area contributed by atoms with Crippen molar-refractivity contribution in [2.24, 2.45) is 13.0 Å². The summed E-state index contributed by atoms with van der Waals surface area (Å²) in [6.45, 7) is 5.54. The van der Waals surface area contributed by atoms with Gasteiger partial charge in [0.05, 0.1) is 11.4 Å². The highest BCUT2D eigenvalue weighted by Crippen LogP contribution is 2.18. The Bertz CT molecular complexity index is 340. The Morgan fingerprint density at radius 1 is 1.44 bits per heavy atom. The van der Waals surface area contributed by atoms with E-state index in [2.05, 4.69) is 16.1 Å². The first kappa shape index (κ1) is 11.6. The Balaban J connectivity index is 1.89. The van der Waals surface area contributed by atoms with E-state index in [0.717, 1.165) is 38.2 Å². The van der Waals surface area contributed by atoms with Gasteiger partial charge in [0.25, 0.3) is 0 Å². The minimum atomic E-state index is 0.346. The lowest BCUT2D eigenvalue weighted by molar-refractivity contribution is 0.125. The summed E-state index contributed by atoms with van der Waals surface area (Å²) in [5.41, 5.74) is 2.36. The molecule has 0 radical (unpaired) electrons. The van der Waals surface area contributed by atoms with Crippen LogP contribution in [0.15, 0.2) is 6.07 Å². The van der Waals surface area contributed by atoms with Crippen LogP contribution in [0.3, 0.4) is 0 Å². The number of nitrogens with zero attached hydrogens (tertiary/aromatic N) is 3. The third-order valence-electron chi connectivity index (χ3n) is 3.45. The number of likely N-dealkylation sites (tertiary alicyclic amines) is 1. The molecule has 0 saturated carbocycles. The molecule has 1 aromatic heterocycles. The summed E-state index contributed by atoms with van der Waals surface area (Å²) in [6.07, 6.45) is 2.24. The molecule has 1 N–H and O–H groups in total. The molecule has 1 saturated heterocycles. The van der Waals surface area contributed by atoms with Crippen molar-refractivity contribution < 1.29 is 5.11 Å². The fraction of sp³-hybridized carbons (Fsp3) is 0.750. The number of rotatable bonds is 3. The number of aliphatic hydroxyl groups excluding tert-OH is 1. The maximum absolute atomic E-state index is 9.08. The van der Waals surface area contributed by atoms with Gasteiger partial charge < -0.3 is 5.11 Å². The highest BCUT2D eigenvalue weighted by Gasteiger charge is 2.19. The van der Waals surface area contributed by atoms with Crippen molar-refractivity contribution >= 4 is 0 Å². The van der Waals surface area contributed by atoms with Crippen molar-refractivity contribution in [2.75, 3.05) is 19.7 Å². The lowest BCUT2D eigenvalue weighted by Gasteiger charge is -2.30. The van der Waals surface area contributed by atoms with E-state index in [1.54, 1.807) is 0 Å². The molecule has 0 aromatic carbocycles. The van der Waals surface area contributed by atoms with Crippen LogP contribution in [0.25, 0.3) is 0 Å². The Kier molecular flexibility index (Phi) is 3.61. The number of hydrogen-bond acceptors (Lipinski definition) is 3. The van der Waals surface area contributed by atoms with Crippen LogP contribution in [0, 0.1) is 12.8 Å². The topological polar surface area (TPSA) is 41.3 Å². The molecule has 1 aliphatic rings. The van der Waals surface area contributed by atoms with Gasteiger partial charge in [-0.05, 0) is 44.8 Å². The molecule has 0 atom stereocenters. The lowest BCUT2D eigenvalue weighted by Crippen LogP contribution is -2.34. The van der Waals surface area contributed by atoms with Gasteiger partial charge in [-0.3, -0.25) is 9.58 Å². The molecule has 2 rings (SSSR count). The maximum atomic E-state index is 9.08. The van der Waals surface area contributed by atoms with E-state index in [1.165, 1.54) is 5.69 Å². The van der Waals surface area contributed by atoms with Crippen molar-refractivity contribution in [3.8, 4) is 0 Å². The van der Waals surface area contributed by atoms with Gasteiger partial charge in [-0.2, -0.15) is 5.10 Å². The zero-order valence-corrected chi connectivity index (χ0v) is 10.2. The lowest BCUT2D eigenvalue weighted by atomic mass is 9.98. The molecule has 90 valence electrons. The van der Waals surface area contributed by atoms with Crippen LogP contribution >= 0.6 is 0 Å². The quantitative estimate of drug-likeness (QED) is 0.829. The first-order chi connectivity index (χ1) is 7.69. The summed E-state index contributed by atoms with van der Waals surface area (Å²) in [5, 5.41) is 13.4. The monoisotopic (exact) mass is 223 g/mol. The third kappa shape index (κ3) is 2.62. The summed E-state index contributed by atoms with van der Waals surface area (Å²) in [7, 11) is 2.00. The van der Waals surface area contributed by atoms with Crippen molar-refractivity contribution in [3.63, 3.8) is 0 Å². The third-order valence-corrected chi connectivity index (χ3v) is 3.45. The zero-order chi connectivity index (χ0) is 11.5. The van der Waals surface area contributed by atoms with Crippen LogP contribution in [0.2, 0.25) is 0 Å². The van der Waals surface area contributed by atoms with Crippen molar-refractivity contribution in [3.05, 3.63) is 17.5 Å². The summed E-state index contributed by atoms with van der Waals surface area (Å²) < 4.78 is 1.97. The van der Waals surface area contributed by atoms with E-state index in [1.807, 2.05) is 18.7 Å². The first-order valence-electron chi connectivity index (χ1n) is 6.01. The molecular weight excluding hydrogens is 202 g/mol. The zero-order valence-electron chi connectivity index (χ0n) is 10.2. The van der Waals surface area contributed by atoms with Crippen LogP contribution < -0.4 is 0 Å². The van der Waals surface area contributed by atoms with E-state index in [4.69, 9.17) is 5.11 Å². The van der Waals surface area contributed by atoms with Gasteiger partial charge in [0, 0.05) is 20.2 Å². The van der Waals surface area contributed by atoms with E-state index in [0.29, 0.717) is 12.5 Å². The number of hydrogen-bond donors (Lipinski definition) is 1. The summed E-state index contributed by atoms with van der Waals surface area (Å²) in [4.78, 5) is 2.45. The predicted molar refractivity (Wildman–Crippen MR) is 63.0 cm³/mol. The molecule has 4 nitrogen and oxygen atoms in total. The van der Waals surface area contributed by atoms with Gasteiger partial charge in [-0.15, -0.1) is 0 Å². The van der Waals surface area contributed by atoms with Gasteiger partial charge in [-0.1, -0.05) is 0 Å². The fourth-order valence-electron chi connectivity index (χ4n) is 2.37. The molecule has 0 amide bonds. The molecule has 0 spiro atoms. The molecule has 1 fully saturated rings. The minimum absolute atomic E-state index is 0.346. The van der Waals surface area contributed by atoms with Crippen molar-refractivity contribution in [1.82, 2.24) is 14.7 Å². The second kappa shape index (κ2) is 4.97. The van der Waals surface area contributed by atoms with Crippen LogP contribution in [0.1, 0.15) is 24.2 Å². The smallest absolute Gasteiger partial charge is 0.0597 e. The summed E-state index contributed by atoms with van der Waals surface area (Å²) in [5.74, 6) is 0.518. The molecule has 16 heavy (non-hydrogen) atoms. The molecule has 1 aliphatic heterocycles. The second-order valence-corrected chi connectivity index (χ2v) is 4.80. The molecule has 0 bridgehead atoms. The number of aliphatic hydroxyl groups is 1. The fourth-order valence-corrected chi connectivity index (χ4v) is 2.37. The molecule has 2 heterocycles. The molecule has 0 unspecified atom stereocenters. The van der Waals surface area contributed by atoms with Gasteiger partial charge in [0.15, 0.2) is 0 Å². The van der Waals surface area contributed by atoms with Crippen molar-refractivity contribution in [1.29, 1.82) is 0 Å². The molecule has 1 aromatic rings. The number of aryl methyl sites for hydroxylation is 2. The average Bonchev–Trinajstić information content (AvgIpc) is 2.59. The van der Waals surface area contributed by atoms with Crippen LogP contribution in [-0.2, 0) is 13.6 Å². The van der Waals surface area contributed by atoms with Gasteiger partial charge >= 0.3 is 0 Å². The van der Waals surface area contributed by atoms with E-state index in [9.17, 15) is 0 Å². The Hall–Kier alpha value is -0.870. The molecule has 0 aliphatic carbocycles. The standard InChI is InChI=1S/C12H21N3O/c1-10-7-12(14(2)13-10)8-15-5-3-11(9-16)4-6-15/h7,11,16H,3-6,8-9H2,1-2H3. The highest BCUT2D eigenvalue weighted by atomic mass is 16.3. The van der Waals surface area contributed by atoms with E-state index < -0.39 is 0 Å². The number of piperidine rings is 1. The van der Waals surface area contributed by atoms with Crippen LogP contribution in [0.5, 0.6) is 0 Å². The van der Waals surface area contributed by atoms with Gasteiger partial charge in [-0.25, -0.2) is 0 Å². The molecular formula is C12H21N3O. The van der Waals surface area contributed by atoms with E-state index >= 15 is 0 Å². The molecule has 4 heteroatoms. The Labute approximate surface area is 96.9 Å².